The molecule has 0 spiro atoms. The molecule has 8 nitrogen and oxygen atoms in total. The molecule has 1 amide bonds. The lowest BCUT2D eigenvalue weighted by Crippen LogP contribution is -2.49. The molecule has 3 heterocycles. The SMILES string of the molecule is COCCO[C@@H]1C[C@H](CO)CN(C(=O)Cn2cnc3sc(C)c(C)c3c2=O)C1. The number of nitrogens with zero attached hydrogens (tertiary/aromatic N) is 3. The summed E-state index contributed by atoms with van der Waals surface area (Å²) in [4.78, 5) is 33.5. The minimum Gasteiger partial charge on any atom is -0.396 e. The Kier molecular flexibility index (Phi) is 6.82. The standard InChI is InChI=1S/C19H27N3O5S/c1-12-13(2)28-18-17(12)19(25)22(11-20-18)9-16(24)21-7-14(10-23)6-15(8-21)27-5-4-26-3/h11,14-15,23H,4-10H2,1-3H3/t14-,15+/m0/s1. The van der Waals surface area contributed by atoms with Crippen LogP contribution >= 0.6 is 11.3 Å². The molecule has 1 aliphatic rings. The number of likely N-dealkylation sites (tertiary alicyclic amines) is 1. The Morgan fingerprint density at radius 1 is 1.36 bits per heavy atom. The molecular formula is C19H27N3O5S. The first-order chi connectivity index (χ1) is 13.4. The molecule has 2 atom stereocenters. The van der Waals surface area contributed by atoms with E-state index in [4.69, 9.17) is 9.47 Å². The van der Waals surface area contributed by atoms with Crippen LogP contribution in [-0.2, 0) is 20.8 Å². The maximum absolute atomic E-state index is 12.9. The largest absolute Gasteiger partial charge is 0.396 e. The van der Waals surface area contributed by atoms with Crippen LogP contribution in [0.4, 0.5) is 0 Å². The Balaban J connectivity index is 1.74. The van der Waals surface area contributed by atoms with Gasteiger partial charge in [0.25, 0.3) is 5.56 Å². The van der Waals surface area contributed by atoms with Crippen molar-refractivity contribution in [3.05, 3.63) is 27.1 Å². The van der Waals surface area contributed by atoms with Crippen molar-refractivity contribution in [2.75, 3.05) is 40.0 Å². The monoisotopic (exact) mass is 409 g/mol. The van der Waals surface area contributed by atoms with Gasteiger partial charge in [-0.2, -0.15) is 0 Å². The summed E-state index contributed by atoms with van der Waals surface area (Å²) in [7, 11) is 1.61. The highest BCUT2D eigenvalue weighted by Gasteiger charge is 2.30. The number of rotatable bonds is 7. The summed E-state index contributed by atoms with van der Waals surface area (Å²) >= 11 is 1.49. The zero-order valence-corrected chi connectivity index (χ0v) is 17.3. The molecule has 1 saturated heterocycles. The topological polar surface area (TPSA) is 93.9 Å². The van der Waals surface area contributed by atoms with Gasteiger partial charge in [0.05, 0.1) is 31.0 Å². The van der Waals surface area contributed by atoms with Crippen LogP contribution in [0.5, 0.6) is 0 Å². The number of carbonyl (C=O) groups excluding carboxylic acids is 1. The number of fused-ring (bicyclic) bond motifs is 1. The van der Waals surface area contributed by atoms with Gasteiger partial charge in [0.15, 0.2) is 0 Å². The van der Waals surface area contributed by atoms with Gasteiger partial charge in [0.1, 0.15) is 11.4 Å². The van der Waals surface area contributed by atoms with Crippen molar-refractivity contribution in [2.24, 2.45) is 5.92 Å². The smallest absolute Gasteiger partial charge is 0.262 e. The van der Waals surface area contributed by atoms with Crippen molar-refractivity contribution < 1.29 is 19.4 Å². The number of ether oxygens (including phenoxy) is 2. The molecule has 0 saturated carbocycles. The zero-order valence-electron chi connectivity index (χ0n) is 16.5. The highest BCUT2D eigenvalue weighted by molar-refractivity contribution is 7.18. The fourth-order valence-corrected chi connectivity index (χ4v) is 4.52. The molecule has 154 valence electrons. The molecule has 1 fully saturated rings. The number of piperidine rings is 1. The third kappa shape index (κ3) is 4.43. The molecule has 2 aromatic rings. The number of methoxy groups -OCH3 is 1. The predicted octanol–water partition coefficient (Wildman–Crippen LogP) is 0.947. The molecule has 9 heteroatoms. The third-order valence-corrected chi connectivity index (χ3v) is 6.33. The van der Waals surface area contributed by atoms with E-state index in [1.807, 2.05) is 13.8 Å². The van der Waals surface area contributed by atoms with Crippen LogP contribution in [0.25, 0.3) is 10.2 Å². The molecule has 3 rings (SSSR count). The number of aliphatic hydroxyl groups is 1. The summed E-state index contributed by atoms with van der Waals surface area (Å²) in [5.74, 6) is -0.212. The second-order valence-corrected chi connectivity index (χ2v) is 8.41. The van der Waals surface area contributed by atoms with Crippen LogP contribution in [0.1, 0.15) is 16.9 Å². The summed E-state index contributed by atoms with van der Waals surface area (Å²) < 4.78 is 12.1. The second kappa shape index (κ2) is 9.13. The van der Waals surface area contributed by atoms with Gasteiger partial charge in [-0.3, -0.25) is 14.2 Å². The molecule has 28 heavy (non-hydrogen) atoms. The maximum atomic E-state index is 12.9. The lowest BCUT2D eigenvalue weighted by molar-refractivity contribution is -0.138. The average molecular weight is 410 g/mol. The van der Waals surface area contributed by atoms with Gasteiger partial charge >= 0.3 is 0 Å². The van der Waals surface area contributed by atoms with Crippen molar-refractivity contribution in [3.8, 4) is 0 Å². The minimum absolute atomic E-state index is 0.00520. The third-order valence-electron chi connectivity index (χ3n) is 5.21. The van der Waals surface area contributed by atoms with Crippen LogP contribution in [0.3, 0.4) is 0 Å². The van der Waals surface area contributed by atoms with Gasteiger partial charge in [0.2, 0.25) is 5.91 Å². The van der Waals surface area contributed by atoms with Crippen molar-refractivity contribution >= 4 is 27.5 Å². The molecule has 2 aromatic heterocycles. The lowest BCUT2D eigenvalue weighted by atomic mass is 9.96. The lowest BCUT2D eigenvalue weighted by Gasteiger charge is -2.37. The van der Waals surface area contributed by atoms with Gasteiger partial charge < -0.3 is 19.5 Å². The normalized spacial score (nSPS) is 20.1. The number of thiophene rings is 1. The number of aliphatic hydroxyl groups excluding tert-OH is 1. The van der Waals surface area contributed by atoms with Gasteiger partial charge in [-0.25, -0.2) is 4.98 Å². The van der Waals surface area contributed by atoms with Gasteiger partial charge in [-0.05, 0) is 25.8 Å². The van der Waals surface area contributed by atoms with E-state index >= 15 is 0 Å². The first kappa shape index (κ1) is 20.9. The Labute approximate surface area is 167 Å². The number of hydrogen-bond acceptors (Lipinski definition) is 7. The Morgan fingerprint density at radius 3 is 2.86 bits per heavy atom. The highest BCUT2D eigenvalue weighted by Crippen LogP contribution is 2.25. The van der Waals surface area contributed by atoms with E-state index in [9.17, 15) is 14.7 Å². The van der Waals surface area contributed by atoms with E-state index in [1.54, 1.807) is 12.0 Å². The zero-order chi connectivity index (χ0) is 20.3. The molecule has 0 aromatic carbocycles. The Morgan fingerprint density at radius 2 is 2.14 bits per heavy atom. The van der Waals surface area contributed by atoms with Crippen LogP contribution in [0.2, 0.25) is 0 Å². The Bertz CT molecular complexity index is 894. The second-order valence-electron chi connectivity index (χ2n) is 7.21. The van der Waals surface area contributed by atoms with Crippen molar-refractivity contribution in [1.82, 2.24) is 14.5 Å². The summed E-state index contributed by atoms with van der Waals surface area (Å²) in [6.07, 6.45) is 1.99. The van der Waals surface area contributed by atoms with Crippen LogP contribution in [0, 0.1) is 19.8 Å². The molecule has 0 bridgehead atoms. The van der Waals surface area contributed by atoms with Crippen LogP contribution < -0.4 is 5.56 Å². The van der Waals surface area contributed by atoms with E-state index in [0.717, 1.165) is 10.4 Å². The predicted molar refractivity (Wildman–Crippen MR) is 107 cm³/mol. The van der Waals surface area contributed by atoms with Gasteiger partial charge in [0, 0.05) is 37.6 Å². The average Bonchev–Trinajstić information content (AvgIpc) is 2.98. The maximum Gasteiger partial charge on any atom is 0.262 e. The molecule has 0 unspecified atom stereocenters. The number of aryl methyl sites for hydroxylation is 2. The minimum atomic E-state index is -0.191. The summed E-state index contributed by atoms with van der Waals surface area (Å²) in [5, 5.41) is 10.2. The number of carbonyl (C=O) groups is 1. The Hall–Kier alpha value is -1.81. The highest BCUT2D eigenvalue weighted by atomic mass is 32.1. The van der Waals surface area contributed by atoms with Crippen molar-refractivity contribution in [1.29, 1.82) is 0 Å². The van der Waals surface area contributed by atoms with Crippen molar-refractivity contribution in [3.63, 3.8) is 0 Å². The van der Waals surface area contributed by atoms with Crippen LogP contribution in [0.15, 0.2) is 11.1 Å². The number of aromatic nitrogens is 2. The molecule has 0 aliphatic carbocycles. The van der Waals surface area contributed by atoms with E-state index in [-0.39, 0.29) is 36.6 Å². The number of hydrogen-bond donors (Lipinski definition) is 1. The van der Waals surface area contributed by atoms with Crippen LogP contribution in [-0.4, -0.2) is 71.6 Å². The summed E-state index contributed by atoms with van der Waals surface area (Å²) in [5.41, 5.74) is 0.730. The van der Waals surface area contributed by atoms with Gasteiger partial charge in [-0.15, -0.1) is 11.3 Å². The fraction of sp³-hybridized carbons (Fsp3) is 0.632. The molecular weight excluding hydrogens is 382 g/mol. The summed E-state index contributed by atoms with van der Waals surface area (Å²) in [6.45, 7) is 5.62. The van der Waals surface area contributed by atoms with E-state index in [1.165, 1.54) is 22.2 Å². The van der Waals surface area contributed by atoms with Gasteiger partial charge in [-0.1, -0.05) is 0 Å². The summed E-state index contributed by atoms with van der Waals surface area (Å²) in [6, 6.07) is 0. The molecule has 1 aliphatic heterocycles. The quantitative estimate of drug-likeness (QED) is 0.685. The number of amides is 1. The molecule has 0 radical (unpaired) electrons. The van der Waals surface area contributed by atoms with E-state index < -0.39 is 0 Å². The first-order valence-corrected chi connectivity index (χ1v) is 10.2. The first-order valence-electron chi connectivity index (χ1n) is 9.38. The fourth-order valence-electron chi connectivity index (χ4n) is 3.54. The van der Waals surface area contributed by atoms with Crippen molar-refractivity contribution in [2.45, 2.75) is 32.9 Å². The van der Waals surface area contributed by atoms with E-state index in [0.29, 0.717) is 42.9 Å². The van der Waals surface area contributed by atoms with E-state index in [2.05, 4.69) is 4.98 Å². The molecule has 1 N–H and O–H groups in total.